The summed E-state index contributed by atoms with van der Waals surface area (Å²) in [6, 6.07) is 0. The molecule has 0 atom stereocenters. The second-order valence-corrected chi connectivity index (χ2v) is 9.72. The molecule has 1 aliphatic carbocycles. The Balaban J connectivity index is 0.00000101. The van der Waals surface area contributed by atoms with Crippen molar-refractivity contribution in [3.8, 4) is 0 Å². The number of hydrogen-bond acceptors (Lipinski definition) is 6. The fourth-order valence-electron chi connectivity index (χ4n) is 4.34. The predicted octanol–water partition coefficient (Wildman–Crippen LogP) is 3.48. The van der Waals surface area contributed by atoms with Crippen molar-refractivity contribution in [3.63, 3.8) is 0 Å². The Morgan fingerprint density at radius 3 is 2.23 bits per heavy atom. The van der Waals surface area contributed by atoms with Crippen LogP contribution in [-0.2, 0) is 19.0 Å². The number of ether oxygens (including phenoxy) is 3. The molecule has 0 aromatic carbocycles. The molecule has 3 fully saturated rings. The van der Waals surface area contributed by atoms with Crippen molar-refractivity contribution in [2.24, 2.45) is 11.8 Å². The molecule has 172 valence electrons. The number of methoxy groups -OCH3 is 1. The van der Waals surface area contributed by atoms with Crippen LogP contribution < -0.4 is 0 Å². The smallest absolute Gasteiger partial charge is 0.410 e. The molecule has 2 amide bonds. The maximum absolute atomic E-state index is 12.4. The first-order valence-electron chi connectivity index (χ1n) is 10.9. The maximum atomic E-state index is 12.4. The lowest BCUT2D eigenvalue weighted by molar-refractivity contribution is -0.112. The molecule has 2 heterocycles. The molecule has 0 unspecified atom stereocenters. The maximum Gasteiger partial charge on any atom is 0.410 e. The third-order valence-electron chi connectivity index (χ3n) is 5.93. The van der Waals surface area contributed by atoms with E-state index < -0.39 is 11.2 Å². The van der Waals surface area contributed by atoms with Gasteiger partial charge in [-0.1, -0.05) is 0 Å². The van der Waals surface area contributed by atoms with Gasteiger partial charge in [0, 0.05) is 52.6 Å². The van der Waals surface area contributed by atoms with E-state index in [0.29, 0.717) is 44.9 Å². The largest absolute Gasteiger partial charge is 0.444 e. The van der Waals surface area contributed by atoms with Crippen molar-refractivity contribution in [3.05, 3.63) is 0 Å². The fraction of sp³-hybridized carbons (Fsp3) is 0.864. The lowest BCUT2D eigenvalue weighted by Crippen LogP contribution is -2.50. The van der Waals surface area contributed by atoms with Gasteiger partial charge in [0.25, 0.3) is 0 Å². The monoisotopic (exact) mass is 426 g/mol. The highest BCUT2D eigenvalue weighted by molar-refractivity contribution is 5.71. The number of nitrogens with zero attached hydrogens (tertiary/aromatic N) is 2. The van der Waals surface area contributed by atoms with Crippen LogP contribution in [0.1, 0.15) is 59.3 Å². The predicted molar refractivity (Wildman–Crippen MR) is 112 cm³/mol. The summed E-state index contributed by atoms with van der Waals surface area (Å²) in [6.07, 6.45) is 5.65. The van der Waals surface area contributed by atoms with E-state index in [9.17, 15) is 14.4 Å². The number of rotatable bonds is 3. The lowest BCUT2D eigenvalue weighted by atomic mass is 9.82. The summed E-state index contributed by atoms with van der Waals surface area (Å²) in [5.41, 5.74) is -0.985. The first kappa shape index (κ1) is 24.4. The van der Waals surface area contributed by atoms with Crippen LogP contribution in [0, 0.1) is 11.8 Å². The van der Waals surface area contributed by atoms with E-state index in [1.165, 1.54) is 0 Å². The van der Waals surface area contributed by atoms with Gasteiger partial charge in [0.05, 0.1) is 6.54 Å². The summed E-state index contributed by atoms with van der Waals surface area (Å²) in [4.78, 5) is 39.0. The van der Waals surface area contributed by atoms with E-state index in [0.717, 1.165) is 32.0 Å². The molecule has 8 heteroatoms. The van der Waals surface area contributed by atoms with Crippen LogP contribution >= 0.6 is 0 Å². The lowest BCUT2D eigenvalue weighted by Gasteiger charge is -2.38. The molecule has 8 nitrogen and oxygen atoms in total. The van der Waals surface area contributed by atoms with E-state index in [1.807, 2.05) is 25.7 Å². The Hall–Kier alpha value is -1.83. The van der Waals surface area contributed by atoms with Crippen LogP contribution in [0.4, 0.5) is 9.59 Å². The highest BCUT2D eigenvalue weighted by Crippen LogP contribution is 2.36. The second-order valence-electron chi connectivity index (χ2n) is 9.72. The van der Waals surface area contributed by atoms with Crippen LogP contribution in [0.5, 0.6) is 0 Å². The van der Waals surface area contributed by atoms with Crippen LogP contribution in [0.15, 0.2) is 0 Å². The number of amides is 2. The molecule has 3 aliphatic rings. The zero-order valence-electron chi connectivity index (χ0n) is 19.1. The van der Waals surface area contributed by atoms with Gasteiger partial charge in [-0.05, 0) is 52.4 Å². The van der Waals surface area contributed by atoms with Gasteiger partial charge in [0.1, 0.15) is 17.5 Å². The van der Waals surface area contributed by atoms with Crippen molar-refractivity contribution < 1.29 is 28.6 Å². The molecule has 2 aliphatic heterocycles. The van der Waals surface area contributed by atoms with Gasteiger partial charge in [-0.25, -0.2) is 9.59 Å². The Bertz CT molecular complexity index is 587. The average Bonchev–Trinajstić information content (AvgIpc) is 2.97. The highest BCUT2D eigenvalue weighted by Gasteiger charge is 2.48. The number of likely N-dealkylation sites (tertiary alicyclic amines) is 1. The minimum absolute atomic E-state index is 0.190. The van der Waals surface area contributed by atoms with Gasteiger partial charge in [0.2, 0.25) is 0 Å². The highest BCUT2D eigenvalue weighted by atomic mass is 16.6. The molecule has 1 saturated carbocycles. The number of aldehydes is 1. The topological polar surface area (TPSA) is 85.4 Å². The van der Waals surface area contributed by atoms with Crippen molar-refractivity contribution in [2.45, 2.75) is 70.5 Å². The molecule has 2 saturated heterocycles. The van der Waals surface area contributed by atoms with Gasteiger partial charge in [-0.2, -0.15) is 0 Å². The Labute approximate surface area is 180 Å². The van der Waals surface area contributed by atoms with Crippen LogP contribution in [0.2, 0.25) is 0 Å². The van der Waals surface area contributed by atoms with Crippen LogP contribution in [0.25, 0.3) is 0 Å². The minimum Gasteiger partial charge on any atom is -0.444 e. The molecule has 0 N–H and O–H groups in total. The quantitative estimate of drug-likeness (QED) is 0.643. The van der Waals surface area contributed by atoms with Gasteiger partial charge in [-0.3, -0.25) is 0 Å². The fourth-order valence-corrected chi connectivity index (χ4v) is 4.34. The van der Waals surface area contributed by atoms with Gasteiger partial charge in [-0.15, -0.1) is 0 Å². The summed E-state index contributed by atoms with van der Waals surface area (Å²) in [6.45, 7) is 7.96. The second kappa shape index (κ2) is 10.5. The van der Waals surface area contributed by atoms with Crippen molar-refractivity contribution in [1.29, 1.82) is 0 Å². The molecular formula is C22H38N2O6. The Morgan fingerprint density at radius 1 is 1.17 bits per heavy atom. The normalized spacial score (nSPS) is 26.0. The van der Waals surface area contributed by atoms with Gasteiger partial charge in [0.15, 0.2) is 0 Å². The number of hydrogen-bond donors (Lipinski definition) is 0. The molecule has 30 heavy (non-hydrogen) atoms. The zero-order valence-corrected chi connectivity index (χ0v) is 19.1. The van der Waals surface area contributed by atoms with Crippen LogP contribution in [-0.4, -0.2) is 79.9 Å². The Morgan fingerprint density at radius 2 is 1.73 bits per heavy atom. The Kier molecular flexibility index (Phi) is 8.52. The third kappa shape index (κ3) is 6.86. The summed E-state index contributed by atoms with van der Waals surface area (Å²) >= 11 is 0. The average molecular weight is 427 g/mol. The summed E-state index contributed by atoms with van der Waals surface area (Å²) in [7, 11) is 3.25. The van der Waals surface area contributed by atoms with E-state index in [2.05, 4.69) is 4.74 Å². The number of piperidine rings is 1. The SMILES string of the molecule is CC(C)(C)OC(=O)N1CCC2(CC1)CN(CC1CCC(C=O)CC1)C(=O)O2.COC. The molecule has 0 aromatic rings. The number of carbonyl (C=O) groups is 3. The summed E-state index contributed by atoms with van der Waals surface area (Å²) < 4.78 is 15.5. The molecule has 0 bridgehead atoms. The number of carbonyl (C=O) groups excluding carboxylic acids is 3. The van der Waals surface area contributed by atoms with Gasteiger partial charge >= 0.3 is 12.2 Å². The molecule has 0 aromatic heterocycles. The van der Waals surface area contributed by atoms with Crippen LogP contribution in [0.3, 0.4) is 0 Å². The van der Waals surface area contributed by atoms with Gasteiger partial charge < -0.3 is 28.8 Å². The van der Waals surface area contributed by atoms with E-state index in [1.54, 1.807) is 19.1 Å². The van der Waals surface area contributed by atoms with Crippen molar-refractivity contribution >= 4 is 18.5 Å². The van der Waals surface area contributed by atoms with E-state index in [4.69, 9.17) is 9.47 Å². The standard InChI is InChI=1S/C20H32N2O5.C2H6O/c1-19(2,3)26-17(24)21-10-8-20(9-11-21)14-22(18(25)27-20)12-15-4-6-16(13-23)7-5-15;1-3-2/h13,15-16H,4-12,14H2,1-3H3;1-2H3. The summed E-state index contributed by atoms with van der Waals surface area (Å²) in [5, 5.41) is 0. The molecule has 0 radical (unpaired) electrons. The first-order valence-corrected chi connectivity index (χ1v) is 10.9. The zero-order chi connectivity index (χ0) is 22.4. The van der Waals surface area contributed by atoms with E-state index >= 15 is 0 Å². The first-order chi connectivity index (χ1) is 14.1. The molecular weight excluding hydrogens is 388 g/mol. The van der Waals surface area contributed by atoms with Crippen molar-refractivity contribution in [2.75, 3.05) is 40.4 Å². The third-order valence-corrected chi connectivity index (χ3v) is 5.93. The van der Waals surface area contributed by atoms with Crippen molar-refractivity contribution in [1.82, 2.24) is 9.80 Å². The van der Waals surface area contributed by atoms with E-state index in [-0.39, 0.29) is 18.1 Å². The molecule has 1 spiro atoms. The minimum atomic E-state index is -0.508. The summed E-state index contributed by atoms with van der Waals surface area (Å²) in [5.74, 6) is 0.640. The molecule has 3 rings (SSSR count).